The number of hydrogen-bond donors (Lipinski definition) is 4. The largest absolute Gasteiger partial charge is 0.384 e. The lowest BCUT2D eigenvalue weighted by atomic mass is 10.1. The third-order valence-corrected chi connectivity index (χ3v) is 8.41. The molecule has 7 heteroatoms. The fraction of sp³-hybridized carbons (Fsp3) is 0.444. The van der Waals surface area contributed by atoms with Crippen molar-refractivity contribution < 1.29 is 9.11 Å². The number of benzene rings is 2. The number of rotatable bonds is 10. The highest BCUT2D eigenvalue weighted by molar-refractivity contribution is 8.24. The highest BCUT2D eigenvalue weighted by atomic mass is 32.3. The number of pyridine rings is 1. The lowest BCUT2D eigenvalue weighted by Crippen LogP contribution is -2.26. The Balaban J connectivity index is 1.53. The van der Waals surface area contributed by atoms with Gasteiger partial charge in [0.2, 0.25) is 0 Å². The molecule has 0 aliphatic carbocycles. The molecule has 1 aliphatic rings. The molecule has 0 unspecified atom stereocenters. The molecule has 0 atom stereocenters. The Morgan fingerprint density at radius 1 is 1.00 bits per heavy atom. The van der Waals surface area contributed by atoms with Crippen molar-refractivity contribution in [1.82, 2.24) is 4.98 Å². The maximum atomic E-state index is 10.7. The van der Waals surface area contributed by atoms with Crippen LogP contribution in [-0.4, -0.2) is 39.5 Å². The van der Waals surface area contributed by atoms with Gasteiger partial charge in [0.1, 0.15) is 5.82 Å². The molecule has 0 fully saturated rings. The molecule has 6 nitrogen and oxygen atoms in total. The number of nitrogens with zero attached hydrogens (tertiary/aromatic N) is 2. The quantitative estimate of drug-likeness (QED) is 0.250. The molecule has 2 heterocycles. The highest BCUT2D eigenvalue weighted by Gasteiger charge is 2.26. The Hall–Kier alpha value is -2.32. The van der Waals surface area contributed by atoms with E-state index in [1.807, 2.05) is 24.3 Å². The molecule has 5 N–H and O–H groups in total. The predicted molar refractivity (Wildman–Crippen MR) is 145 cm³/mol. The third-order valence-electron chi connectivity index (χ3n) is 6.55. The van der Waals surface area contributed by atoms with Crippen molar-refractivity contribution in [3.63, 3.8) is 0 Å². The van der Waals surface area contributed by atoms with Crippen LogP contribution in [0.15, 0.2) is 53.4 Å². The first-order valence-electron chi connectivity index (χ1n) is 12.4. The van der Waals surface area contributed by atoms with Gasteiger partial charge in [-0.25, -0.2) is 4.98 Å². The summed E-state index contributed by atoms with van der Waals surface area (Å²) in [6.45, 7) is 4.98. The first-order chi connectivity index (χ1) is 16.5. The van der Waals surface area contributed by atoms with Crippen LogP contribution < -0.4 is 16.0 Å². The summed E-state index contributed by atoms with van der Waals surface area (Å²) in [6.07, 6.45) is 7.21. The summed E-state index contributed by atoms with van der Waals surface area (Å²) >= 11 is 0. The topological polar surface area (TPSA) is 94.6 Å². The highest BCUT2D eigenvalue weighted by Crippen LogP contribution is 2.51. The maximum Gasteiger partial charge on any atom is 0.131 e. The lowest BCUT2D eigenvalue weighted by molar-refractivity contribution is 0.488. The minimum Gasteiger partial charge on any atom is -0.384 e. The van der Waals surface area contributed by atoms with Crippen LogP contribution in [0.4, 0.5) is 11.5 Å². The standard InChI is InChI=1S/C27H38N4O2S/c1-21-12-13-24-23(18-21)25(29-15-9-5-3-2-4-8-14-28)19-27(30-24)31-16-17-34(32,33)26-11-7-6-10-22(26)20-31/h6-7,10-13,18-19,32-33H,2-5,8-9,14-17,20,28H2,1H3,(H,29,30). The van der Waals surface area contributed by atoms with Gasteiger partial charge in [-0.3, -0.25) is 9.11 Å². The molecule has 34 heavy (non-hydrogen) atoms. The van der Waals surface area contributed by atoms with Gasteiger partial charge in [0.05, 0.1) is 16.2 Å². The number of aryl methyl sites for hydroxylation is 1. The molecular formula is C27H38N4O2S. The molecule has 1 aliphatic heterocycles. The van der Waals surface area contributed by atoms with Crippen LogP contribution in [-0.2, 0) is 6.54 Å². The number of hydrogen-bond acceptors (Lipinski definition) is 6. The van der Waals surface area contributed by atoms with E-state index in [2.05, 4.69) is 41.4 Å². The zero-order chi connectivity index (χ0) is 24.0. The average Bonchev–Trinajstić information content (AvgIpc) is 2.96. The first kappa shape index (κ1) is 24.8. The van der Waals surface area contributed by atoms with E-state index in [0.717, 1.165) is 53.9 Å². The van der Waals surface area contributed by atoms with E-state index in [4.69, 9.17) is 10.7 Å². The second-order valence-corrected chi connectivity index (χ2v) is 11.5. The van der Waals surface area contributed by atoms with Crippen LogP contribution in [0.2, 0.25) is 0 Å². The molecular weight excluding hydrogens is 444 g/mol. The number of anilines is 2. The van der Waals surface area contributed by atoms with Crippen LogP contribution in [0.3, 0.4) is 0 Å². The molecule has 3 aromatic rings. The van der Waals surface area contributed by atoms with E-state index in [-0.39, 0.29) is 0 Å². The van der Waals surface area contributed by atoms with E-state index in [1.165, 1.54) is 31.2 Å². The van der Waals surface area contributed by atoms with Gasteiger partial charge in [0.15, 0.2) is 0 Å². The van der Waals surface area contributed by atoms with E-state index in [9.17, 15) is 9.11 Å². The fourth-order valence-corrected chi connectivity index (χ4v) is 6.16. The van der Waals surface area contributed by atoms with Crippen molar-refractivity contribution >= 4 is 33.0 Å². The van der Waals surface area contributed by atoms with Crippen molar-refractivity contribution in [3.05, 3.63) is 59.7 Å². The summed E-state index contributed by atoms with van der Waals surface area (Å²) < 4.78 is 21.5. The second kappa shape index (κ2) is 11.4. The summed E-state index contributed by atoms with van der Waals surface area (Å²) in [6, 6.07) is 16.1. The minimum atomic E-state index is -2.80. The molecule has 0 spiro atoms. The van der Waals surface area contributed by atoms with Crippen molar-refractivity contribution in [2.75, 3.05) is 35.6 Å². The van der Waals surface area contributed by atoms with Crippen LogP contribution >= 0.6 is 10.6 Å². The summed E-state index contributed by atoms with van der Waals surface area (Å²) in [5.74, 6) is 1.18. The van der Waals surface area contributed by atoms with Gasteiger partial charge in [0, 0.05) is 36.8 Å². The molecule has 0 saturated heterocycles. The van der Waals surface area contributed by atoms with E-state index in [1.54, 1.807) is 0 Å². The first-order valence-corrected chi connectivity index (χ1v) is 14.1. The summed E-state index contributed by atoms with van der Waals surface area (Å²) in [5.41, 5.74) is 9.79. The summed E-state index contributed by atoms with van der Waals surface area (Å²) in [7, 11) is -2.80. The Bertz CT molecular complexity index is 1110. The molecule has 184 valence electrons. The van der Waals surface area contributed by atoms with Crippen molar-refractivity contribution in [1.29, 1.82) is 0 Å². The zero-order valence-corrected chi connectivity index (χ0v) is 21.0. The van der Waals surface area contributed by atoms with Crippen LogP contribution in [0.5, 0.6) is 0 Å². The van der Waals surface area contributed by atoms with Crippen LogP contribution in [0, 0.1) is 6.92 Å². The van der Waals surface area contributed by atoms with Crippen LogP contribution in [0.1, 0.15) is 49.7 Å². The van der Waals surface area contributed by atoms with E-state index < -0.39 is 10.6 Å². The van der Waals surface area contributed by atoms with Gasteiger partial charge in [-0.05, 0) is 50.1 Å². The predicted octanol–water partition coefficient (Wildman–Crippen LogP) is 6.38. The number of fused-ring (bicyclic) bond motifs is 2. The van der Waals surface area contributed by atoms with Crippen molar-refractivity contribution in [2.45, 2.75) is 56.9 Å². The Labute approximate surface area is 204 Å². The molecule has 0 bridgehead atoms. The monoisotopic (exact) mass is 482 g/mol. The van der Waals surface area contributed by atoms with Gasteiger partial charge in [0.25, 0.3) is 0 Å². The Morgan fingerprint density at radius 2 is 1.76 bits per heavy atom. The van der Waals surface area contributed by atoms with Crippen LogP contribution in [0.25, 0.3) is 10.9 Å². The Morgan fingerprint density at radius 3 is 2.59 bits per heavy atom. The average molecular weight is 483 g/mol. The van der Waals surface area contributed by atoms with E-state index >= 15 is 0 Å². The molecule has 0 radical (unpaired) electrons. The van der Waals surface area contributed by atoms with E-state index in [0.29, 0.717) is 23.7 Å². The molecule has 0 amide bonds. The normalized spacial score (nSPS) is 16.2. The van der Waals surface area contributed by atoms with Gasteiger partial charge < -0.3 is 16.0 Å². The summed E-state index contributed by atoms with van der Waals surface area (Å²) in [4.78, 5) is 7.81. The van der Waals surface area contributed by atoms with Gasteiger partial charge in [-0.1, -0.05) is 55.5 Å². The van der Waals surface area contributed by atoms with Gasteiger partial charge >= 0.3 is 0 Å². The number of nitrogens with one attached hydrogen (secondary N) is 1. The van der Waals surface area contributed by atoms with Gasteiger partial charge in [-0.2, -0.15) is 10.6 Å². The molecule has 2 aromatic carbocycles. The summed E-state index contributed by atoms with van der Waals surface area (Å²) in [5, 5.41) is 4.80. The maximum absolute atomic E-state index is 10.7. The zero-order valence-electron chi connectivity index (χ0n) is 20.2. The molecule has 0 saturated carbocycles. The fourth-order valence-electron chi connectivity index (χ4n) is 4.61. The number of unbranched alkanes of at least 4 members (excludes halogenated alkanes) is 5. The smallest absolute Gasteiger partial charge is 0.131 e. The number of aromatic nitrogens is 1. The Kier molecular flexibility index (Phi) is 8.32. The molecule has 4 rings (SSSR count). The number of nitrogens with two attached hydrogens (primary N) is 1. The minimum absolute atomic E-state index is 0.310. The third kappa shape index (κ3) is 6.02. The second-order valence-electron chi connectivity index (χ2n) is 9.29. The SMILES string of the molecule is Cc1ccc2nc(N3CCS(O)(O)c4ccccc4C3)cc(NCCCCCCCCN)c2c1. The lowest BCUT2D eigenvalue weighted by Gasteiger charge is -2.32. The van der Waals surface area contributed by atoms with Gasteiger partial charge in [-0.15, -0.1) is 0 Å². The molecule has 1 aromatic heterocycles. The van der Waals surface area contributed by atoms with Crippen molar-refractivity contribution in [3.8, 4) is 0 Å². The van der Waals surface area contributed by atoms with Crippen molar-refractivity contribution in [2.24, 2.45) is 5.73 Å².